The summed E-state index contributed by atoms with van der Waals surface area (Å²) in [7, 11) is 0. The quantitative estimate of drug-likeness (QED) is 0.791. The van der Waals surface area contributed by atoms with E-state index in [0.717, 1.165) is 0 Å². The maximum atomic E-state index is 12.1. The number of anilines is 2. The number of benzene rings is 1. The number of rotatable bonds is 2. The van der Waals surface area contributed by atoms with Gasteiger partial charge in [0.15, 0.2) is 0 Å². The van der Waals surface area contributed by atoms with Crippen LogP contribution < -0.4 is 11.1 Å². The molecule has 2 rings (SSSR count). The minimum atomic E-state index is -0.0461. The number of amides is 2. The van der Waals surface area contributed by atoms with E-state index in [1.165, 1.54) is 0 Å². The average molecular weight is 261 g/mol. The molecule has 1 aromatic carbocycles. The standard InChI is InChI=1S/C14H19N3O2/c1-10(18)17-8-6-11(7-9-17)14(19)16-13-5-3-2-4-12(13)15/h2-5,11H,6-9,15H2,1H3,(H,16,19). The minimum Gasteiger partial charge on any atom is -0.397 e. The molecule has 0 spiro atoms. The van der Waals surface area contributed by atoms with E-state index in [-0.39, 0.29) is 17.7 Å². The topological polar surface area (TPSA) is 75.4 Å². The maximum Gasteiger partial charge on any atom is 0.227 e. The number of piperidine rings is 1. The Balaban J connectivity index is 1.92. The van der Waals surface area contributed by atoms with Gasteiger partial charge in [-0.2, -0.15) is 0 Å². The highest BCUT2D eigenvalue weighted by atomic mass is 16.2. The van der Waals surface area contributed by atoms with Crippen molar-refractivity contribution in [3.63, 3.8) is 0 Å². The Morgan fingerprint density at radius 1 is 1.26 bits per heavy atom. The molecule has 0 aliphatic carbocycles. The van der Waals surface area contributed by atoms with Crippen molar-refractivity contribution in [2.24, 2.45) is 5.92 Å². The van der Waals surface area contributed by atoms with Crippen molar-refractivity contribution in [2.75, 3.05) is 24.1 Å². The lowest BCUT2D eigenvalue weighted by Gasteiger charge is -2.30. The van der Waals surface area contributed by atoms with Gasteiger partial charge in [0.1, 0.15) is 0 Å². The van der Waals surface area contributed by atoms with Crippen LogP contribution in [0.1, 0.15) is 19.8 Å². The van der Waals surface area contributed by atoms with E-state index in [0.29, 0.717) is 37.3 Å². The predicted octanol–water partition coefficient (Wildman–Crippen LogP) is 1.47. The van der Waals surface area contributed by atoms with Crippen LogP contribution >= 0.6 is 0 Å². The van der Waals surface area contributed by atoms with Crippen LogP contribution in [0.4, 0.5) is 11.4 Å². The van der Waals surface area contributed by atoms with Crippen LogP contribution in [-0.4, -0.2) is 29.8 Å². The van der Waals surface area contributed by atoms with Crippen molar-refractivity contribution >= 4 is 23.2 Å². The first-order chi connectivity index (χ1) is 9.08. The Morgan fingerprint density at radius 3 is 2.47 bits per heavy atom. The molecule has 0 bridgehead atoms. The highest BCUT2D eigenvalue weighted by molar-refractivity contribution is 5.95. The summed E-state index contributed by atoms with van der Waals surface area (Å²) in [6.07, 6.45) is 1.41. The van der Waals surface area contributed by atoms with Gasteiger partial charge in [-0.25, -0.2) is 0 Å². The molecule has 1 saturated heterocycles. The van der Waals surface area contributed by atoms with Crippen molar-refractivity contribution in [1.29, 1.82) is 0 Å². The Hall–Kier alpha value is -2.04. The molecule has 2 amide bonds. The van der Waals surface area contributed by atoms with Crippen molar-refractivity contribution in [2.45, 2.75) is 19.8 Å². The fourth-order valence-corrected chi connectivity index (χ4v) is 2.30. The second-order valence-electron chi connectivity index (χ2n) is 4.86. The van der Waals surface area contributed by atoms with Gasteiger partial charge in [0.05, 0.1) is 11.4 Å². The third-order valence-electron chi connectivity index (χ3n) is 3.53. The number of hydrogen-bond acceptors (Lipinski definition) is 3. The van der Waals surface area contributed by atoms with E-state index in [1.54, 1.807) is 24.0 Å². The molecule has 0 aromatic heterocycles. The zero-order valence-corrected chi connectivity index (χ0v) is 11.1. The normalized spacial score (nSPS) is 16.2. The Kier molecular flexibility index (Phi) is 4.04. The smallest absolute Gasteiger partial charge is 0.227 e. The largest absolute Gasteiger partial charge is 0.397 e. The molecule has 0 saturated carbocycles. The lowest BCUT2D eigenvalue weighted by Crippen LogP contribution is -2.40. The molecule has 1 aliphatic rings. The molecule has 3 N–H and O–H groups in total. The Labute approximate surface area is 112 Å². The molecule has 1 heterocycles. The molecule has 5 heteroatoms. The molecule has 5 nitrogen and oxygen atoms in total. The van der Waals surface area contributed by atoms with E-state index in [2.05, 4.69) is 5.32 Å². The van der Waals surface area contributed by atoms with Crippen LogP contribution in [0.2, 0.25) is 0 Å². The average Bonchev–Trinajstić information content (AvgIpc) is 2.41. The van der Waals surface area contributed by atoms with Crippen LogP contribution in [0, 0.1) is 5.92 Å². The summed E-state index contributed by atoms with van der Waals surface area (Å²) in [5.74, 6) is 0.0162. The molecule has 19 heavy (non-hydrogen) atoms. The highest BCUT2D eigenvalue weighted by Gasteiger charge is 2.26. The van der Waals surface area contributed by atoms with Gasteiger partial charge >= 0.3 is 0 Å². The molecule has 0 radical (unpaired) electrons. The summed E-state index contributed by atoms with van der Waals surface area (Å²) in [4.78, 5) is 25.1. The minimum absolute atomic E-state index is 0.0129. The highest BCUT2D eigenvalue weighted by Crippen LogP contribution is 2.22. The molecule has 102 valence electrons. The van der Waals surface area contributed by atoms with Crippen molar-refractivity contribution < 1.29 is 9.59 Å². The van der Waals surface area contributed by atoms with Gasteiger partial charge in [-0.1, -0.05) is 12.1 Å². The third-order valence-corrected chi connectivity index (χ3v) is 3.53. The van der Waals surface area contributed by atoms with Crippen LogP contribution in [0.3, 0.4) is 0 Å². The van der Waals surface area contributed by atoms with Crippen LogP contribution in [0.25, 0.3) is 0 Å². The third kappa shape index (κ3) is 3.24. The molecule has 1 aromatic rings. The summed E-state index contributed by atoms with van der Waals surface area (Å²) in [6.45, 7) is 2.86. The zero-order chi connectivity index (χ0) is 13.8. The number of carbonyl (C=O) groups excluding carboxylic acids is 2. The molecule has 0 atom stereocenters. The lowest BCUT2D eigenvalue weighted by atomic mass is 9.95. The molecular weight excluding hydrogens is 242 g/mol. The van der Waals surface area contributed by atoms with Crippen molar-refractivity contribution in [1.82, 2.24) is 4.90 Å². The summed E-state index contributed by atoms with van der Waals surface area (Å²) in [5.41, 5.74) is 7.01. The summed E-state index contributed by atoms with van der Waals surface area (Å²) in [6, 6.07) is 7.21. The SMILES string of the molecule is CC(=O)N1CCC(C(=O)Nc2ccccc2N)CC1. The lowest BCUT2D eigenvalue weighted by molar-refractivity contribution is -0.132. The summed E-state index contributed by atoms with van der Waals surface area (Å²) in [5, 5.41) is 2.86. The van der Waals surface area contributed by atoms with Gasteiger partial charge < -0.3 is 16.0 Å². The van der Waals surface area contributed by atoms with Crippen molar-refractivity contribution in [3.05, 3.63) is 24.3 Å². The van der Waals surface area contributed by atoms with E-state index in [1.807, 2.05) is 12.1 Å². The van der Waals surface area contributed by atoms with Gasteiger partial charge in [-0.15, -0.1) is 0 Å². The Bertz CT molecular complexity index is 479. The number of para-hydroxylation sites is 2. The van der Waals surface area contributed by atoms with Crippen molar-refractivity contribution in [3.8, 4) is 0 Å². The summed E-state index contributed by atoms with van der Waals surface area (Å²) >= 11 is 0. The first-order valence-corrected chi connectivity index (χ1v) is 6.49. The molecular formula is C14H19N3O2. The number of nitrogens with one attached hydrogen (secondary N) is 1. The number of nitrogens with zero attached hydrogens (tertiary/aromatic N) is 1. The van der Waals surface area contributed by atoms with Crippen LogP contribution in [0.5, 0.6) is 0 Å². The molecule has 1 aliphatic heterocycles. The monoisotopic (exact) mass is 261 g/mol. The maximum absolute atomic E-state index is 12.1. The predicted molar refractivity (Wildman–Crippen MR) is 74.5 cm³/mol. The fraction of sp³-hybridized carbons (Fsp3) is 0.429. The van der Waals surface area contributed by atoms with Crippen LogP contribution in [0.15, 0.2) is 24.3 Å². The van der Waals surface area contributed by atoms with Crippen LogP contribution in [-0.2, 0) is 9.59 Å². The number of likely N-dealkylation sites (tertiary alicyclic amines) is 1. The number of carbonyl (C=O) groups is 2. The first kappa shape index (κ1) is 13.4. The van der Waals surface area contributed by atoms with Gasteiger partial charge in [-0.3, -0.25) is 9.59 Å². The second-order valence-corrected chi connectivity index (χ2v) is 4.86. The van der Waals surface area contributed by atoms with E-state index in [9.17, 15) is 9.59 Å². The van der Waals surface area contributed by atoms with E-state index >= 15 is 0 Å². The van der Waals surface area contributed by atoms with Gasteiger partial charge in [0.2, 0.25) is 11.8 Å². The first-order valence-electron chi connectivity index (χ1n) is 6.49. The molecule has 1 fully saturated rings. The van der Waals surface area contributed by atoms with Gasteiger partial charge in [0.25, 0.3) is 0 Å². The number of nitrogen functional groups attached to an aromatic ring is 1. The molecule has 0 unspecified atom stereocenters. The van der Waals surface area contributed by atoms with E-state index < -0.39 is 0 Å². The Morgan fingerprint density at radius 2 is 1.89 bits per heavy atom. The van der Waals surface area contributed by atoms with Gasteiger partial charge in [0, 0.05) is 25.9 Å². The zero-order valence-electron chi connectivity index (χ0n) is 11.1. The fourth-order valence-electron chi connectivity index (χ4n) is 2.30. The van der Waals surface area contributed by atoms with E-state index in [4.69, 9.17) is 5.73 Å². The van der Waals surface area contributed by atoms with Gasteiger partial charge in [-0.05, 0) is 25.0 Å². The second kappa shape index (κ2) is 5.73. The number of nitrogens with two attached hydrogens (primary N) is 1. The summed E-state index contributed by atoms with van der Waals surface area (Å²) < 4.78 is 0. The number of hydrogen-bond donors (Lipinski definition) is 2.